The minimum absolute atomic E-state index is 0.120. The molecule has 6 heteroatoms. The normalized spacial score (nSPS) is 22.8. The topological polar surface area (TPSA) is 52.3 Å². The first kappa shape index (κ1) is 20.1. The number of imidazole rings is 1. The molecule has 0 amide bonds. The number of likely N-dealkylation sites (tertiary alicyclic amines) is 1. The quantitative estimate of drug-likeness (QED) is 0.615. The molecule has 2 aliphatic rings. The van der Waals surface area contributed by atoms with E-state index in [4.69, 9.17) is 4.74 Å². The first-order chi connectivity index (χ1) is 15.2. The maximum atomic E-state index is 13.0. The largest absolute Gasteiger partial charge is 0.497 e. The van der Waals surface area contributed by atoms with Crippen LogP contribution >= 0.6 is 0 Å². The van der Waals surface area contributed by atoms with Crippen molar-refractivity contribution in [3.05, 3.63) is 82.3 Å². The van der Waals surface area contributed by atoms with Gasteiger partial charge in [-0.2, -0.15) is 0 Å². The molecule has 0 aliphatic carbocycles. The third-order valence-electron chi connectivity index (χ3n) is 6.96. The lowest BCUT2D eigenvalue weighted by atomic mass is 9.76. The van der Waals surface area contributed by atoms with Gasteiger partial charge in [-0.15, -0.1) is 0 Å². The zero-order valence-electron chi connectivity index (χ0n) is 18.3. The van der Waals surface area contributed by atoms with E-state index >= 15 is 0 Å². The second-order valence-corrected chi connectivity index (χ2v) is 8.80. The summed E-state index contributed by atoms with van der Waals surface area (Å²) in [6.07, 6.45) is 5.92. The second kappa shape index (κ2) is 8.35. The van der Waals surface area contributed by atoms with Crippen LogP contribution in [0.3, 0.4) is 0 Å². The lowest BCUT2D eigenvalue weighted by molar-refractivity contribution is 0.0827. The summed E-state index contributed by atoms with van der Waals surface area (Å²) in [5.74, 6) is 2.81. The number of fused-ring (bicyclic) bond motifs is 4. The van der Waals surface area contributed by atoms with E-state index in [0.717, 1.165) is 50.6 Å². The Bertz CT molecular complexity index is 1120. The van der Waals surface area contributed by atoms with Gasteiger partial charge in [0.1, 0.15) is 11.6 Å². The fourth-order valence-electron chi connectivity index (χ4n) is 5.55. The average Bonchev–Trinajstić information content (AvgIpc) is 3.24. The van der Waals surface area contributed by atoms with E-state index in [1.165, 1.54) is 11.3 Å². The highest BCUT2D eigenvalue weighted by Crippen LogP contribution is 2.42. The van der Waals surface area contributed by atoms with Crippen LogP contribution in [0.2, 0.25) is 0 Å². The molecule has 0 saturated carbocycles. The van der Waals surface area contributed by atoms with Crippen LogP contribution < -0.4 is 10.3 Å². The van der Waals surface area contributed by atoms with Gasteiger partial charge in [0.2, 0.25) is 0 Å². The van der Waals surface area contributed by atoms with Crippen LogP contribution in [-0.4, -0.2) is 39.2 Å². The molecule has 3 aromatic rings. The lowest BCUT2D eigenvalue weighted by Gasteiger charge is -2.47. The Kier molecular flexibility index (Phi) is 5.40. The van der Waals surface area contributed by atoms with E-state index in [0.29, 0.717) is 11.8 Å². The van der Waals surface area contributed by atoms with Gasteiger partial charge in [-0.25, -0.2) is 4.98 Å². The van der Waals surface area contributed by atoms with Gasteiger partial charge in [0.15, 0.2) is 0 Å². The number of aryl methyl sites for hydroxylation is 1. The molecule has 0 radical (unpaired) electrons. The Morgan fingerprint density at radius 3 is 2.87 bits per heavy atom. The van der Waals surface area contributed by atoms with Gasteiger partial charge in [-0.05, 0) is 49.4 Å². The zero-order valence-corrected chi connectivity index (χ0v) is 18.3. The van der Waals surface area contributed by atoms with Crippen molar-refractivity contribution in [2.24, 2.45) is 5.92 Å². The maximum absolute atomic E-state index is 13.0. The molecule has 0 unspecified atom stereocenters. The van der Waals surface area contributed by atoms with Crippen molar-refractivity contribution >= 4 is 0 Å². The van der Waals surface area contributed by atoms with E-state index in [1.807, 2.05) is 24.4 Å². The average molecular weight is 419 g/mol. The molecule has 31 heavy (non-hydrogen) atoms. The van der Waals surface area contributed by atoms with E-state index in [-0.39, 0.29) is 11.6 Å². The molecule has 6 nitrogen and oxygen atoms in total. The Labute approximate surface area is 183 Å². The number of rotatable bonds is 6. The predicted octanol–water partition coefficient (Wildman–Crippen LogP) is 3.48. The molecule has 2 aliphatic heterocycles. The third kappa shape index (κ3) is 3.81. The highest BCUT2D eigenvalue weighted by Gasteiger charge is 2.40. The number of nitrogens with zero attached hydrogens (tertiary/aromatic N) is 4. The summed E-state index contributed by atoms with van der Waals surface area (Å²) in [6.45, 7) is 5.91. The standard InChI is InChI=1S/C25H30N4O2/c1-3-28-11-10-26-24(28)17-27-15-19-14-20(16-27)23(29-22(19)8-5-9-25(29)30)13-18-6-4-7-21(12-18)31-2/h4-12,19-20,23H,3,13-17H2,1-2H3/t19-,20+,23+/m1/s1. The summed E-state index contributed by atoms with van der Waals surface area (Å²) in [7, 11) is 1.70. The van der Waals surface area contributed by atoms with E-state index < -0.39 is 0 Å². The number of hydrogen-bond acceptors (Lipinski definition) is 4. The molecular weight excluding hydrogens is 388 g/mol. The molecule has 162 valence electrons. The van der Waals surface area contributed by atoms with Gasteiger partial charge >= 0.3 is 0 Å². The number of hydrogen-bond donors (Lipinski definition) is 0. The number of piperidine rings is 1. The van der Waals surface area contributed by atoms with Crippen LogP contribution in [-0.2, 0) is 19.5 Å². The second-order valence-electron chi connectivity index (χ2n) is 8.80. The molecule has 1 aromatic carbocycles. The number of benzene rings is 1. The summed E-state index contributed by atoms with van der Waals surface area (Å²) >= 11 is 0. The van der Waals surface area contributed by atoms with Gasteiger partial charge in [0, 0.05) is 55.7 Å². The molecule has 1 fully saturated rings. The number of pyridine rings is 1. The Morgan fingerprint density at radius 1 is 1.16 bits per heavy atom. The Balaban J connectivity index is 1.47. The fourth-order valence-corrected chi connectivity index (χ4v) is 5.55. The third-order valence-corrected chi connectivity index (χ3v) is 6.96. The van der Waals surface area contributed by atoms with E-state index in [9.17, 15) is 4.79 Å². The van der Waals surface area contributed by atoms with Crippen molar-refractivity contribution in [2.75, 3.05) is 20.2 Å². The van der Waals surface area contributed by atoms with Crippen LogP contribution in [0.5, 0.6) is 5.75 Å². The van der Waals surface area contributed by atoms with E-state index in [2.05, 4.69) is 50.3 Å². The first-order valence-electron chi connectivity index (χ1n) is 11.2. The maximum Gasteiger partial charge on any atom is 0.251 e. The highest BCUT2D eigenvalue weighted by atomic mass is 16.5. The fraction of sp³-hybridized carbons (Fsp3) is 0.440. The van der Waals surface area contributed by atoms with Crippen molar-refractivity contribution in [1.29, 1.82) is 0 Å². The molecule has 0 spiro atoms. The molecule has 2 aromatic heterocycles. The molecule has 5 rings (SSSR count). The molecule has 1 saturated heterocycles. The van der Waals surface area contributed by atoms with Gasteiger partial charge in [0.25, 0.3) is 5.56 Å². The van der Waals surface area contributed by atoms with Gasteiger partial charge < -0.3 is 13.9 Å². The first-order valence-corrected chi connectivity index (χ1v) is 11.2. The monoisotopic (exact) mass is 418 g/mol. The van der Waals surface area contributed by atoms with Crippen LogP contribution in [0.4, 0.5) is 0 Å². The van der Waals surface area contributed by atoms with Crippen LogP contribution in [0.25, 0.3) is 0 Å². The summed E-state index contributed by atoms with van der Waals surface area (Å²) in [6, 6.07) is 14.2. The molecular formula is C25H30N4O2. The SMILES string of the molecule is CCn1ccnc1CN1C[C@H]2C[C@@H](C1)[C@H](Cc1cccc(OC)c1)n1c2cccc1=O. The van der Waals surface area contributed by atoms with Crippen molar-refractivity contribution < 1.29 is 4.74 Å². The summed E-state index contributed by atoms with van der Waals surface area (Å²) in [5.41, 5.74) is 2.51. The number of ether oxygens (including phenoxy) is 1. The molecule has 2 bridgehead atoms. The lowest BCUT2D eigenvalue weighted by Crippen LogP contribution is -2.49. The number of aromatic nitrogens is 3. The Morgan fingerprint density at radius 2 is 2.03 bits per heavy atom. The van der Waals surface area contributed by atoms with Gasteiger partial charge in [0.05, 0.1) is 13.7 Å². The van der Waals surface area contributed by atoms with Gasteiger partial charge in [-0.3, -0.25) is 9.69 Å². The van der Waals surface area contributed by atoms with Crippen LogP contribution in [0.1, 0.15) is 42.4 Å². The predicted molar refractivity (Wildman–Crippen MR) is 120 cm³/mol. The Hall–Kier alpha value is -2.86. The van der Waals surface area contributed by atoms with Crippen LogP contribution in [0, 0.1) is 5.92 Å². The van der Waals surface area contributed by atoms with E-state index in [1.54, 1.807) is 13.2 Å². The highest BCUT2D eigenvalue weighted by molar-refractivity contribution is 5.30. The van der Waals surface area contributed by atoms with Crippen molar-refractivity contribution in [2.45, 2.75) is 44.8 Å². The van der Waals surface area contributed by atoms with Crippen molar-refractivity contribution in [3.63, 3.8) is 0 Å². The number of methoxy groups -OCH3 is 1. The smallest absolute Gasteiger partial charge is 0.251 e. The summed E-state index contributed by atoms with van der Waals surface area (Å²) < 4.78 is 9.73. The molecule has 3 atom stereocenters. The molecule has 0 N–H and O–H groups in total. The van der Waals surface area contributed by atoms with Crippen molar-refractivity contribution in [3.8, 4) is 5.75 Å². The summed E-state index contributed by atoms with van der Waals surface area (Å²) in [5, 5.41) is 0. The minimum Gasteiger partial charge on any atom is -0.497 e. The summed E-state index contributed by atoms with van der Waals surface area (Å²) in [4.78, 5) is 20.1. The van der Waals surface area contributed by atoms with Gasteiger partial charge in [-0.1, -0.05) is 18.2 Å². The van der Waals surface area contributed by atoms with Crippen molar-refractivity contribution in [1.82, 2.24) is 19.0 Å². The zero-order chi connectivity index (χ0) is 21.4. The molecule has 4 heterocycles. The minimum atomic E-state index is 0.120. The van der Waals surface area contributed by atoms with Crippen LogP contribution in [0.15, 0.2) is 59.7 Å².